The molecule has 0 fully saturated rings. The summed E-state index contributed by atoms with van der Waals surface area (Å²) >= 11 is 0. The largest absolute Gasteiger partial charge is 0.497 e. The maximum atomic E-state index is 5.98. The van der Waals surface area contributed by atoms with Crippen LogP contribution in [0.15, 0.2) is 48.5 Å². The van der Waals surface area contributed by atoms with Gasteiger partial charge in [-0.05, 0) is 42.8 Å². The van der Waals surface area contributed by atoms with E-state index >= 15 is 0 Å². The molecule has 0 bridgehead atoms. The summed E-state index contributed by atoms with van der Waals surface area (Å²) in [6, 6.07) is 16.3. The predicted octanol–water partition coefficient (Wildman–Crippen LogP) is 3.73. The predicted molar refractivity (Wildman–Crippen MR) is 86.1 cm³/mol. The molecule has 0 saturated heterocycles. The van der Waals surface area contributed by atoms with Crippen LogP contribution in [-0.2, 0) is 0 Å². The van der Waals surface area contributed by atoms with Crippen LogP contribution in [0.3, 0.4) is 0 Å². The Balaban J connectivity index is 2.10. The fraction of sp³-hybridized carbons (Fsp3) is 0.333. The molecule has 0 spiro atoms. The zero-order chi connectivity index (χ0) is 15.1. The van der Waals surface area contributed by atoms with Gasteiger partial charge in [-0.3, -0.25) is 0 Å². The third-order valence-electron chi connectivity index (χ3n) is 3.45. The number of benzene rings is 2. The molecule has 112 valence electrons. The standard InChI is InChI=1S/C18H23NO2/c1-4-19-17(15-9-7-10-16(12-15)20-3)13-21-18-11-6-5-8-14(18)2/h5-12,17,19H,4,13H2,1-3H3. The molecule has 0 saturated carbocycles. The maximum Gasteiger partial charge on any atom is 0.122 e. The molecule has 0 aliphatic carbocycles. The molecule has 0 radical (unpaired) electrons. The lowest BCUT2D eigenvalue weighted by Crippen LogP contribution is -2.26. The van der Waals surface area contributed by atoms with Crippen LogP contribution in [-0.4, -0.2) is 20.3 Å². The van der Waals surface area contributed by atoms with Gasteiger partial charge in [-0.25, -0.2) is 0 Å². The molecular formula is C18H23NO2. The molecule has 0 heterocycles. The summed E-state index contributed by atoms with van der Waals surface area (Å²) in [5, 5.41) is 3.46. The molecular weight excluding hydrogens is 262 g/mol. The summed E-state index contributed by atoms with van der Waals surface area (Å²) in [6.07, 6.45) is 0. The van der Waals surface area contributed by atoms with Gasteiger partial charge in [-0.2, -0.15) is 0 Å². The Morgan fingerprint density at radius 1 is 1.10 bits per heavy atom. The van der Waals surface area contributed by atoms with Gasteiger partial charge in [0, 0.05) is 0 Å². The maximum absolute atomic E-state index is 5.98. The van der Waals surface area contributed by atoms with Gasteiger partial charge in [-0.1, -0.05) is 37.3 Å². The van der Waals surface area contributed by atoms with Crippen molar-refractivity contribution in [1.29, 1.82) is 0 Å². The summed E-state index contributed by atoms with van der Waals surface area (Å²) in [6.45, 7) is 5.63. The smallest absolute Gasteiger partial charge is 0.122 e. The number of aryl methyl sites for hydroxylation is 1. The van der Waals surface area contributed by atoms with Gasteiger partial charge in [0.1, 0.15) is 18.1 Å². The van der Waals surface area contributed by atoms with E-state index in [0.29, 0.717) is 6.61 Å². The molecule has 0 amide bonds. The summed E-state index contributed by atoms with van der Waals surface area (Å²) in [5.74, 6) is 1.80. The fourth-order valence-corrected chi connectivity index (χ4v) is 2.27. The summed E-state index contributed by atoms with van der Waals surface area (Å²) in [5.41, 5.74) is 2.32. The monoisotopic (exact) mass is 285 g/mol. The Kier molecular flexibility index (Phi) is 5.64. The van der Waals surface area contributed by atoms with Crippen LogP contribution < -0.4 is 14.8 Å². The Hall–Kier alpha value is -2.00. The normalized spacial score (nSPS) is 12.0. The van der Waals surface area contributed by atoms with Crippen LogP contribution in [0.1, 0.15) is 24.1 Å². The van der Waals surface area contributed by atoms with Crippen LogP contribution in [0.5, 0.6) is 11.5 Å². The van der Waals surface area contributed by atoms with Gasteiger partial charge in [-0.15, -0.1) is 0 Å². The number of nitrogens with one attached hydrogen (secondary N) is 1. The van der Waals surface area contributed by atoms with Gasteiger partial charge in [0.25, 0.3) is 0 Å². The second-order valence-corrected chi connectivity index (χ2v) is 4.96. The lowest BCUT2D eigenvalue weighted by Gasteiger charge is -2.20. The minimum absolute atomic E-state index is 0.143. The number of para-hydroxylation sites is 1. The van der Waals surface area contributed by atoms with Crippen molar-refractivity contribution in [2.24, 2.45) is 0 Å². The highest BCUT2D eigenvalue weighted by atomic mass is 16.5. The van der Waals surface area contributed by atoms with Crippen molar-refractivity contribution >= 4 is 0 Å². The minimum atomic E-state index is 0.143. The van der Waals surface area contributed by atoms with Gasteiger partial charge in [0.15, 0.2) is 0 Å². The van der Waals surface area contributed by atoms with Crippen LogP contribution in [0, 0.1) is 6.92 Å². The molecule has 0 aromatic heterocycles. The highest BCUT2D eigenvalue weighted by Gasteiger charge is 2.12. The lowest BCUT2D eigenvalue weighted by molar-refractivity contribution is 0.266. The first-order valence-electron chi connectivity index (χ1n) is 7.30. The molecule has 0 aliphatic rings. The van der Waals surface area contributed by atoms with Crippen LogP contribution >= 0.6 is 0 Å². The summed E-state index contributed by atoms with van der Waals surface area (Å²) in [4.78, 5) is 0. The third-order valence-corrected chi connectivity index (χ3v) is 3.45. The quantitative estimate of drug-likeness (QED) is 0.840. The van der Waals surface area contributed by atoms with E-state index in [2.05, 4.69) is 37.4 Å². The Bertz CT molecular complexity index is 569. The molecule has 2 aromatic rings. The first-order chi connectivity index (χ1) is 10.2. The van der Waals surface area contributed by atoms with Crippen LogP contribution in [0.4, 0.5) is 0 Å². The van der Waals surface area contributed by atoms with Crippen molar-refractivity contribution in [2.75, 3.05) is 20.3 Å². The molecule has 2 rings (SSSR count). The van der Waals surface area contributed by atoms with Crippen molar-refractivity contribution in [2.45, 2.75) is 19.9 Å². The second-order valence-electron chi connectivity index (χ2n) is 4.96. The molecule has 3 heteroatoms. The number of methoxy groups -OCH3 is 1. The van der Waals surface area contributed by atoms with Crippen molar-refractivity contribution in [3.8, 4) is 11.5 Å². The van der Waals surface area contributed by atoms with E-state index in [-0.39, 0.29) is 6.04 Å². The van der Waals surface area contributed by atoms with Crippen molar-refractivity contribution in [1.82, 2.24) is 5.32 Å². The van der Waals surface area contributed by atoms with Gasteiger partial charge < -0.3 is 14.8 Å². The molecule has 1 N–H and O–H groups in total. The Labute approximate surface area is 126 Å². The summed E-state index contributed by atoms with van der Waals surface area (Å²) < 4.78 is 11.3. The minimum Gasteiger partial charge on any atom is -0.497 e. The number of hydrogen-bond donors (Lipinski definition) is 1. The topological polar surface area (TPSA) is 30.5 Å². The second kappa shape index (κ2) is 7.70. The van der Waals surface area contributed by atoms with Gasteiger partial charge in [0.2, 0.25) is 0 Å². The first kappa shape index (κ1) is 15.4. The van der Waals surface area contributed by atoms with Crippen molar-refractivity contribution in [3.05, 3.63) is 59.7 Å². The zero-order valence-corrected chi connectivity index (χ0v) is 12.9. The van der Waals surface area contributed by atoms with E-state index in [9.17, 15) is 0 Å². The molecule has 2 aromatic carbocycles. The SMILES string of the molecule is CCNC(COc1ccccc1C)c1cccc(OC)c1. The van der Waals surface area contributed by atoms with Crippen molar-refractivity contribution in [3.63, 3.8) is 0 Å². The first-order valence-corrected chi connectivity index (χ1v) is 7.30. The highest BCUT2D eigenvalue weighted by Crippen LogP contribution is 2.22. The van der Waals surface area contributed by atoms with Crippen LogP contribution in [0.25, 0.3) is 0 Å². The average molecular weight is 285 g/mol. The molecule has 3 nitrogen and oxygen atoms in total. The average Bonchev–Trinajstić information content (AvgIpc) is 2.53. The highest BCUT2D eigenvalue weighted by molar-refractivity contribution is 5.33. The Morgan fingerprint density at radius 2 is 1.90 bits per heavy atom. The molecule has 1 unspecified atom stereocenters. The summed E-state index contributed by atoms with van der Waals surface area (Å²) in [7, 11) is 1.69. The Morgan fingerprint density at radius 3 is 2.62 bits per heavy atom. The number of likely N-dealkylation sites (N-methyl/N-ethyl adjacent to an activating group) is 1. The van der Waals surface area contributed by atoms with E-state index in [0.717, 1.165) is 23.6 Å². The van der Waals surface area contributed by atoms with E-state index < -0.39 is 0 Å². The number of ether oxygens (including phenoxy) is 2. The van der Waals surface area contributed by atoms with Crippen LogP contribution in [0.2, 0.25) is 0 Å². The van der Waals surface area contributed by atoms with E-state index in [4.69, 9.17) is 9.47 Å². The van der Waals surface area contributed by atoms with Gasteiger partial charge >= 0.3 is 0 Å². The third kappa shape index (κ3) is 4.23. The van der Waals surface area contributed by atoms with Crippen molar-refractivity contribution < 1.29 is 9.47 Å². The van der Waals surface area contributed by atoms with E-state index in [1.807, 2.05) is 30.3 Å². The number of rotatable bonds is 7. The molecule has 0 aliphatic heterocycles. The molecule has 21 heavy (non-hydrogen) atoms. The lowest BCUT2D eigenvalue weighted by atomic mass is 10.1. The van der Waals surface area contributed by atoms with E-state index in [1.165, 1.54) is 5.56 Å². The van der Waals surface area contributed by atoms with Gasteiger partial charge in [0.05, 0.1) is 13.2 Å². The number of hydrogen-bond acceptors (Lipinski definition) is 3. The fourth-order valence-electron chi connectivity index (χ4n) is 2.27. The molecule has 1 atom stereocenters. The van der Waals surface area contributed by atoms with E-state index in [1.54, 1.807) is 7.11 Å². The zero-order valence-electron chi connectivity index (χ0n) is 12.9.